The van der Waals surface area contributed by atoms with Gasteiger partial charge in [-0.15, -0.1) is 0 Å². The second-order valence-electron chi connectivity index (χ2n) is 4.10. The minimum absolute atomic E-state index is 0.439. The van der Waals surface area contributed by atoms with Crippen molar-refractivity contribution in [2.75, 3.05) is 12.8 Å². The molecule has 1 aromatic carbocycles. The highest BCUT2D eigenvalue weighted by Gasteiger charge is 2.08. The molecule has 2 heterocycles. The van der Waals surface area contributed by atoms with E-state index >= 15 is 0 Å². The van der Waals surface area contributed by atoms with Crippen LogP contribution in [0.2, 0.25) is 0 Å². The minimum atomic E-state index is 0.439. The van der Waals surface area contributed by atoms with E-state index in [0.717, 1.165) is 28.5 Å². The summed E-state index contributed by atoms with van der Waals surface area (Å²) in [5, 5.41) is 0.439. The summed E-state index contributed by atoms with van der Waals surface area (Å²) in [4.78, 5) is 8.72. The number of hydrogen-bond donors (Lipinski definition) is 1. The van der Waals surface area contributed by atoms with Crippen molar-refractivity contribution < 1.29 is 4.74 Å². The number of ether oxygens (including phenoxy) is 1. The highest BCUT2D eigenvalue weighted by Crippen LogP contribution is 2.25. The molecule has 3 aromatic rings. The Morgan fingerprint density at radius 1 is 1.05 bits per heavy atom. The summed E-state index contributed by atoms with van der Waals surface area (Å²) in [6.45, 7) is 0. The Morgan fingerprint density at radius 3 is 2.60 bits per heavy atom. The molecule has 0 aliphatic heterocycles. The maximum Gasteiger partial charge on any atom is 0.200 e. The van der Waals surface area contributed by atoms with E-state index in [2.05, 4.69) is 14.3 Å². The van der Waals surface area contributed by atoms with E-state index in [1.807, 2.05) is 42.5 Å². The second kappa shape index (κ2) is 5.26. The molecule has 0 unspecified atom stereocenters. The van der Waals surface area contributed by atoms with E-state index in [1.165, 1.54) is 0 Å². The number of pyridine rings is 1. The van der Waals surface area contributed by atoms with Gasteiger partial charge < -0.3 is 10.5 Å². The predicted molar refractivity (Wildman–Crippen MR) is 79.5 cm³/mol. The van der Waals surface area contributed by atoms with Crippen LogP contribution in [0.3, 0.4) is 0 Å². The lowest BCUT2D eigenvalue weighted by Gasteiger charge is -2.05. The fourth-order valence-electron chi connectivity index (χ4n) is 1.84. The maximum atomic E-state index is 5.60. The van der Waals surface area contributed by atoms with Crippen LogP contribution in [0.4, 0.5) is 5.13 Å². The molecule has 0 saturated heterocycles. The Kier molecular flexibility index (Phi) is 3.30. The van der Waals surface area contributed by atoms with Crippen molar-refractivity contribution >= 4 is 16.7 Å². The average molecular weight is 284 g/mol. The Morgan fingerprint density at radius 2 is 1.85 bits per heavy atom. The number of benzene rings is 1. The molecule has 0 fully saturated rings. The monoisotopic (exact) mass is 284 g/mol. The number of nitrogen functional groups attached to an aromatic ring is 1. The molecule has 0 saturated carbocycles. The first-order chi connectivity index (χ1) is 9.76. The van der Waals surface area contributed by atoms with Gasteiger partial charge in [0.25, 0.3) is 0 Å². The number of rotatable bonds is 3. The van der Waals surface area contributed by atoms with E-state index in [4.69, 9.17) is 10.5 Å². The molecule has 0 spiro atoms. The number of hydrogen-bond acceptors (Lipinski definition) is 6. The average Bonchev–Trinajstić information content (AvgIpc) is 2.94. The van der Waals surface area contributed by atoms with Gasteiger partial charge in [-0.3, -0.25) is 0 Å². The summed E-state index contributed by atoms with van der Waals surface area (Å²) in [6, 6.07) is 13.5. The van der Waals surface area contributed by atoms with Crippen molar-refractivity contribution in [2.45, 2.75) is 0 Å². The molecule has 2 N–H and O–H groups in total. The van der Waals surface area contributed by atoms with E-state index in [1.54, 1.807) is 7.11 Å². The minimum Gasteiger partial charge on any atom is -0.497 e. The van der Waals surface area contributed by atoms with Crippen LogP contribution in [0, 0.1) is 0 Å². The highest BCUT2D eigenvalue weighted by atomic mass is 32.1. The zero-order chi connectivity index (χ0) is 13.9. The third-order valence-electron chi connectivity index (χ3n) is 2.79. The number of anilines is 1. The smallest absolute Gasteiger partial charge is 0.200 e. The van der Waals surface area contributed by atoms with E-state index in [-0.39, 0.29) is 0 Å². The molecule has 5 nitrogen and oxygen atoms in total. The predicted octanol–water partition coefficient (Wildman–Crippen LogP) is 2.86. The van der Waals surface area contributed by atoms with Crippen molar-refractivity contribution in [2.24, 2.45) is 0 Å². The lowest BCUT2D eigenvalue weighted by atomic mass is 10.1. The molecule has 2 aromatic heterocycles. The molecule has 100 valence electrons. The number of aromatic nitrogens is 3. The highest BCUT2D eigenvalue weighted by molar-refractivity contribution is 7.09. The largest absolute Gasteiger partial charge is 0.497 e. The first-order valence-corrected chi connectivity index (χ1v) is 6.74. The molecule has 0 aliphatic carbocycles. The SMILES string of the molecule is COc1cccc(-c2cccc(-c3nsc(N)n3)n2)c1. The van der Waals surface area contributed by atoms with Crippen LogP contribution in [-0.2, 0) is 0 Å². The van der Waals surface area contributed by atoms with Crippen molar-refractivity contribution in [3.8, 4) is 28.5 Å². The summed E-state index contributed by atoms with van der Waals surface area (Å²) in [7, 11) is 1.64. The standard InChI is InChI=1S/C14H12N4OS/c1-19-10-5-2-4-9(8-10)11-6-3-7-12(16-11)13-17-14(15)20-18-13/h2-8H,1H3,(H2,15,17,18). The molecule has 0 bridgehead atoms. The molecular formula is C14H12N4OS. The molecule has 3 rings (SSSR count). The quantitative estimate of drug-likeness (QED) is 0.800. The molecular weight excluding hydrogens is 272 g/mol. The molecule has 0 amide bonds. The fraction of sp³-hybridized carbons (Fsp3) is 0.0714. The van der Waals surface area contributed by atoms with Gasteiger partial charge in [-0.1, -0.05) is 18.2 Å². The van der Waals surface area contributed by atoms with Gasteiger partial charge in [-0.25, -0.2) is 4.98 Å². The van der Waals surface area contributed by atoms with Gasteiger partial charge in [0.1, 0.15) is 11.4 Å². The molecule has 0 atom stereocenters. The van der Waals surface area contributed by atoms with Crippen LogP contribution < -0.4 is 10.5 Å². The number of methoxy groups -OCH3 is 1. The van der Waals surface area contributed by atoms with Crippen molar-refractivity contribution in [3.63, 3.8) is 0 Å². The van der Waals surface area contributed by atoms with Crippen LogP contribution in [0.25, 0.3) is 22.8 Å². The topological polar surface area (TPSA) is 73.9 Å². The van der Waals surface area contributed by atoms with Crippen molar-refractivity contribution in [1.82, 2.24) is 14.3 Å². The van der Waals surface area contributed by atoms with Gasteiger partial charge in [0.2, 0.25) is 0 Å². The van der Waals surface area contributed by atoms with E-state index in [9.17, 15) is 0 Å². The lowest BCUT2D eigenvalue weighted by Crippen LogP contribution is -1.90. The first-order valence-electron chi connectivity index (χ1n) is 5.97. The second-order valence-corrected chi connectivity index (χ2v) is 4.88. The maximum absolute atomic E-state index is 5.60. The van der Waals surface area contributed by atoms with Crippen LogP contribution >= 0.6 is 11.5 Å². The van der Waals surface area contributed by atoms with Gasteiger partial charge in [-0.2, -0.15) is 9.36 Å². The lowest BCUT2D eigenvalue weighted by molar-refractivity contribution is 0.415. The normalized spacial score (nSPS) is 10.4. The van der Waals surface area contributed by atoms with Gasteiger partial charge in [0.15, 0.2) is 11.0 Å². The van der Waals surface area contributed by atoms with E-state index in [0.29, 0.717) is 16.6 Å². The van der Waals surface area contributed by atoms with Gasteiger partial charge in [0.05, 0.1) is 12.8 Å². The Balaban J connectivity index is 2.02. The van der Waals surface area contributed by atoms with Crippen LogP contribution in [0.5, 0.6) is 5.75 Å². The fourth-order valence-corrected chi connectivity index (χ4v) is 2.28. The molecule has 0 radical (unpaired) electrons. The van der Waals surface area contributed by atoms with Gasteiger partial charge in [-0.05, 0) is 24.3 Å². The summed E-state index contributed by atoms with van der Waals surface area (Å²) >= 11 is 1.16. The van der Waals surface area contributed by atoms with Crippen molar-refractivity contribution in [1.29, 1.82) is 0 Å². The van der Waals surface area contributed by atoms with Gasteiger partial charge >= 0.3 is 0 Å². The molecule has 0 aliphatic rings. The Hall–Kier alpha value is -2.47. The summed E-state index contributed by atoms with van der Waals surface area (Å²) in [5.74, 6) is 1.35. The Labute approximate surface area is 120 Å². The van der Waals surface area contributed by atoms with Crippen LogP contribution in [0.1, 0.15) is 0 Å². The number of nitrogens with zero attached hydrogens (tertiary/aromatic N) is 3. The number of nitrogens with two attached hydrogens (primary N) is 1. The van der Waals surface area contributed by atoms with Gasteiger partial charge in [0, 0.05) is 17.1 Å². The first kappa shape index (κ1) is 12.6. The summed E-state index contributed by atoms with van der Waals surface area (Å²) in [5.41, 5.74) is 8.13. The van der Waals surface area contributed by atoms with E-state index < -0.39 is 0 Å². The zero-order valence-corrected chi connectivity index (χ0v) is 11.6. The molecule has 6 heteroatoms. The molecule has 20 heavy (non-hydrogen) atoms. The third-order valence-corrected chi connectivity index (χ3v) is 3.33. The van der Waals surface area contributed by atoms with Crippen LogP contribution in [-0.4, -0.2) is 21.5 Å². The third kappa shape index (κ3) is 2.46. The zero-order valence-electron chi connectivity index (χ0n) is 10.8. The van der Waals surface area contributed by atoms with Crippen LogP contribution in [0.15, 0.2) is 42.5 Å². The van der Waals surface area contributed by atoms with Crippen molar-refractivity contribution in [3.05, 3.63) is 42.5 Å². The summed E-state index contributed by atoms with van der Waals surface area (Å²) in [6.07, 6.45) is 0. The summed E-state index contributed by atoms with van der Waals surface area (Å²) < 4.78 is 9.40. The Bertz CT molecular complexity index is 741.